The van der Waals surface area contributed by atoms with Gasteiger partial charge in [0, 0.05) is 4.88 Å². The Labute approximate surface area is 102 Å². The third-order valence-corrected chi connectivity index (χ3v) is 3.13. The molecule has 2 rings (SSSR count). The van der Waals surface area contributed by atoms with Crippen molar-refractivity contribution in [2.75, 3.05) is 5.43 Å². The van der Waals surface area contributed by atoms with Gasteiger partial charge in [-0.2, -0.15) is 0 Å². The van der Waals surface area contributed by atoms with Crippen LogP contribution in [0, 0.1) is 12.7 Å². The lowest BCUT2D eigenvalue weighted by atomic mass is 10.3. The van der Waals surface area contributed by atoms with Crippen LogP contribution >= 0.6 is 11.3 Å². The Morgan fingerprint density at radius 3 is 2.47 bits per heavy atom. The van der Waals surface area contributed by atoms with Crippen LogP contribution in [-0.4, -0.2) is 5.91 Å². The first-order valence-corrected chi connectivity index (χ1v) is 5.85. The smallest absolute Gasteiger partial charge is 0.279 e. The zero-order chi connectivity index (χ0) is 12.3. The maximum Gasteiger partial charge on any atom is 0.279 e. The van der Waals surface area contributed by atoms with Crippen molar-refractivity contribution in [1.82, 2.24) is 5.43 Å². The molecule has 2 aromatic rings. The van der Waals surface area contributed by atoms with Crippen LogP contribution in [0.3, 0.4) is 0 Å². The van der Waals surface area contributed by atoms with Crippen molar-refractivity contribution in [3.8, 4) is 0 Å². The molecule has 1 amide bonds. The molecule has 88 valence electrons. The van der Waals surface area contributed by atoms with Crippen molar-refractivity contribution in [2.24, 2.45) is 0 Å². The van der Waals surface area contributed by atoms with Crippen LogP contribution in [0.1, 0.15) is 14.5 Å². The van der Waals surface area contributed by atoms with E-state index in [-0.39, 0.29) is 11.7 Å². The largest absolute Gasteiger partial charge is 0.298 e. The van der Waals surface area contributed by atoms with Crippen LogP contribution in [0.5, 0.6) is 0 Å². The van der Waals surface area contributed by atoms with Crippen molar-refractivity contribution in [3.63, 3.8) is 0 Å². The number of rotatable bonds is 3. The van der Waals surface area contributed by atoms with Gasteiger partial charge in [-0.05, 0) is 43.3 Å². The normalized spacial score (nSPS) is 10.0. The second-order valence-corrected chi connectivity index (χ2v) is 4.78. The number of anilines is 1. The topological polar surface area (TPSA) is 41.1 Å². The molecule has 1 heterocycles. The molecule has 3 nitrogen and oxygen atoms in total. The van der Waals surface area contributed by atoms with Crippen LogP contribution in [-0.2, 0) is 0 Å². The van der Waals surface area contributed by atoms with Gasteiger partial charge in [0.15, 0.2) is 0 Å². The molecule has 0 fully saturated rings. The first-order valence-electron chi connectivity index (χ1n) is 5.03. The summed E-state index contributed by atoms with van der Waals surface area (Å²) in [6.45, 7) is 1.94. The standard InChI is InChI=1S/C12H11FN2OS/c1-8-2-7-11(17-8)12(16)15-14-10-5-3-9(13)4-6-10/h2-7,14H,1H3,(H,15,16). The summed E-state index contributed by atoms with van der Waals surface area (Å²) in [4.78, 5) is 13.4. The lowest BCUT2D eigenvalue weighted by Gasteiger charge is -2.06. The number of aryl methyl sites for hydroxylation is 1. The molecule has 1 aromatic heterocycles. The van der Waals surface area contributed by atoms with E-state index in [1.807, 2.05) is 13.0 Å². The predicted octanol–water partition coefficient (Wildman–Crippen LogP) is 2.95. The van der Waals surface area contributed by atoms with Crippen LogP contribution in [0.2, 0.25) is 0 Å². The number of carbonyl (C=O) groups is 1. The van der Waals surface area contributed by atoms with Gasteiger partial charge in [-0.3, -0.25) is 15.6 Å². The van der Waals surface area contributed by atoms with Gasteiger partial charge < -0.3 is 0 Å². The Balaban J connectivity index is 1.94. The van der Waals surface area contributed by atoms with Gasteiger partial charge >= 0.3 is 0 Å². The van der Waals surface area contributed by atoms with Gasteiger partial charge in [-0.15, -0.1) is 11.3 Å². The summed E-state index contributed by atoms with van der Waals surface area (Å²) in [6, 6.07) is 9.40. The van der Waals surface area contributed by atoms with Gasteiger partial charge in [-0.25, -0.2) is 4.39 Å². The molecule has 0 aliphatic carbocycles. The fourth-order valence-corrected chi connectivity index (χ4v) is 2.04. The highest BCUT2D eigenvalue weighted by molar-refractivity contribution is 7.13. The van der Waals surface area contributed by atoms with Crippen molar-refractivity contribution in [3.05, 3.63) is 52.0 Å². The first-order chi connectivity index (χ1) is 8.15. The fraction of sp³-hybridized carbons (Fsp3) is 0.0833. The third kappa shape index (κ3) is 3.04. The lowest BCUT2D eigenvalue weighted by Crippen LogP contribution is -2.28. The van der Waals surface area contributed by atoms with Crippen LogP contribution in [0.25, 0.3) is 0 Å². The minimum Gasteiger partial charge on any atom is -0.298 e. The van der Waals surface area contributed by atoms with Crippen LogP contribution < -0.4 is 10.9 Å². The van der Waals surface area contributed by atoms with E-state index < -0.39 is 0 Å². The first kappa shape index (κ1) is 11.6. The summed E-state index contributed by atoms with van der Waals surface area (Å²) in [6.07, 6.45) is 0. The molecule has 0 aliphatic heterocycles. The third-order valence-electron chi connectivity index (χ3n) is 2.13. The summed E-state index contributed by atoms with van der Waals surface area (Å²) in [5.74, 6) is -0.511. The quantitative estimate of drug-likeness (QED) is 0.822. The number of hydrogen-bond donors (Lipinski definition) is 2. The fourth-order valence-electron chi connectivity index (χ4n) is 1.28. The number of halogens is 1. The minimum absolute atomic E-state index is 0.201. The maximum atomic E-state index is 12.6. The lowest BCUT2D eigenvalue weighted by molar-refractivity contribution is 0.0966. The van der Waals surface area contributed by atoms with E-state index >= 15 is 0 Å². The van der Waals surface area contributed by atoms with Crippen LogP contribution in [0.4, 0.5) is 10.1 Å². The second kappa shape index (κ2) is 4.97. The van der Waals surface area contributed by atoms with E-state index in [1.54, 1.807) is 18.2 Å². The molecule has 0 aliphatic rings. The van der Waals surface area contributed by atoms with Crippen molar-refractivity contribution in [1.29, 1.82) is 0 Å². The molecule has 0 bridgehead atoms. The number of carbonyl (C=O) groups excluding carboxylic acids is 1. The average Bonchev–Trinajstić information content (AvgIpc) is 2.75. The number of thiophene rings is 1. The van der Waals surface area contributed by atoms with E-state index in [9.17, 15) is 9.18 Å². The Hall–Kier alpha value is -1.88. The molecule has 17 heavy (non-hydrogen) atoms. The van der Waals surface area contributed by atoms with Gasteiger partial charge in [0.05, 0.1) is 10.6 Å². The zero-order valence-electron chi connectivity index (χ0n) is 9.16. The molecule has 0 unspecified atom stereocenters. The molecule has 1 aromatic carbocycles. The molecule has 5 heteroatoms. The minimum atomic E-state index is -0.309. The zero-order valence-corrected chi connectivity index (χ0v) is 9.98. The molecular formula is C12H11FN2OS. The van der Waals surface area contributed by atoms with Gasteiger partial charge in [0.2, 0.25) is 0 Å². The molecule has 0 spiro atoms. The monoisotopic (exact) mass is 250 g/mol. The molecular weight excluding hydrogens is 239 g/mol. The SMILES string of the molecule is Cc1ccc(C(=O)NNc2ccc(F)cc2)s1. The Morgan fingerprint density at radius 1 is 1.18 bits per heavy atom. The molecule has 0 atom stereocenters. The van der Waals surface area contributed by atoms with Crippen molar-refractivity contribution in [2.45, 2.75) is 6.92 Å². The van der Waals surface area contributed by atoms with Gasteiger partial charge in [0.25, 0.3) is 5.91 Å². The maximum absolute atomic E-state index is 12.6. The van der Waals surface area contributed by atoms with Gasteiger partial charge in [0.1, 0.15) is 5.82 Å². The van der Waals surface area contributed by atoms with Crippen molar-refractivity contribution >= 4 is 22.9 Å². The molecule has 0 radical (unpaired) electrons. The highest BCUT2D eigenvalue weighted by Crippen LogP contribution is 2.14. The van der Waals surface area contributed by atoms with Crippen molar-refractivity contribution < 1.29 is 9.18 Å². The summed E-state index contributed by atoms with van der Waals surface area (Å²) in [7, 11) is 0. The summed E-state index contributed by atoms with van der Waals surface area (Å²) in [5, 5.41) is 0. The predicted molar refractivity (Wildman–Crippen MR) is 66.5 cm³/mol. The van der Waals surface area contributed by atoms with Gasteiger partial charge in [-0.1, -0.05) is 0 Å². The number of benzene rings is 1. The second-order valence-electron chi connectivity index (χ2n) is 3.50. The van der Waals surface area contributed by atoms with E-state index in [2.05, 4.69) is 10.9 Å². The highest BCUT2D eigenvalue weighted by atomic mass is 32.1. The molecule has 0 saturated heterocycles. The number of hydrogen-bond acceptors (Lipinski definition) is 3. The highest BCUT2D eigenvalue weighted by Gasteiger charge is 2.06. The number of hydrazine groups is 1. The van der Waals surface area contributed by atoms with E-state index in [0.29, 0.717) is 10.6 Å². The molecule has 0 saturated carbocycles. The average molecular weight is 250 g/mol. The Bertz CT molecular complexity index is 522. The number of amides is 1. The summed E-state index contributed by atoms with van der Waals surface area (Å²) >= 11 is 1.42. The van der Waals surface area contributed by atoms with E-state index in [1.165, 1.54) is 23.5 Å². The molecule has 2 N–H and O–H groups in total. The van der Waals surface area contributed by atoms with Crippen LogP contribution in [0.15, 0.2) is 36.4 Å². The Kier molecular flexibility index (Phi) is 3.39. The number of nitrogens with one attached hydrogen (secondary N) is 2. The van der Waals surface area contributed by atoms with E-state index in [0.717, 1.165) is 4.88 Å². The van der Waals surface area contributed by atoms with E-state index in [4.69, 9.17) is 0 Å². The summed E-state index contributed by atoms with van der Waals surface area (Å²) < 4.78 is 12.6. The Morgan fingerprint density at radius 2 is 1.88 bits per heavy atom. The summed E-state index contributed by atoms with van der Waals surface area (Å²) in [5.41, 5.74) is 5.90.